The molecule has 114 valence electrons. The lowest BCUT2D eigenvalue weighted by molar-refractivity contribution is -0.119. The van der Waals surface area contributed by atoms with Crippen molar-refractivity contribution in [3.05, 3.63) is 46.6 Å². The van der Waals surface area contributed by atoms with Gasteiger partial charge in [-0.3, -0.25) is 4.79 Å². The molecule has 22 heavy (non-hydrogen) atoms. The van der Waals surface area contributed by atoms with Gasteiger partial charge < -0.3 is 9.84 Å². The first-order chi connectivity index (χ1) is 10.6. The number of benzene rings is 1. The fourth-order valence-electron chi connectivity index (χ4n) is 1.78. The fourth-order valence-corrected chi connectivity index (χ4v) is 2.36. The highest BCUT2D eigenvalue weighted by Gasteiger charge is 2.21. The van der Waals surface area contributed by atoms with Crippen LogP contribution in [0.4, 0.5) is 0 Å². The third kappa shape index (κ3) is 4.48. The lowest BCUT2D eigenvalue weighted by Gasteiger charge is -2.15. The maximum absolute atomic E-state index is 12.0. The lowest BCUT2D eigenvalue weighted by atomic mass is 10.1. The maximum Gasteiger partial charge on any atom is 0.230 e. The van der Waals surface area contributed by atoms with Crippen molar-refractivity contribution < 1.29 is 9.32 Å². The minimum absolute atomic E-state index is 0.189. The molecular weight excluding hydrogens is 324 g/mol. The zero-order valence-corrected chi connectivity index (χ0v) is 13.3. The molecule has 2 aromatic rings. The largest absolute Gasteiger partial charge is 0.341 e. The van der Waals surface area contributed by atoms with E-state index in [0.29, 0.717) is 16.7 Å². The summed E-state index contributed by atoms with van der Waals surface area (Å²) in [5.41, 5.74) is 0.795. The minimum atomic E-state index is -0.523. The van der Waals surface area contributed by atoms with Crippen molar-refractivity contribution in [1.82, 2.24) is 15.5 Å². The molecule has 8 heteroatoms. The smallest absolute Gasteiger partial charge is 0.230 e. The number of nitrogens with zero attached hydrogens (tertiary/aromatic N) is 3. The Bertz CT molecular complexity index is 681. The number of amides is 1. The molecule has 0 radical (unpaired) electrons. The van der Waals surface area contributed by atoms with Gasteiger partial charge in [0.1, 0.15) is 6.04 Å². The second-order valence-corrected chi connectivity index (χ2v) is 5.80. The standard InChI is InChI=1S/C14H13ClN4O2S/c1-9-17-14(19-21-9)13(10-2-4-11(15)5-3-10)18-12(20)8-22-7-6-16/h2-5,13H,7-8H2,1H3,(H,18,20). The van der Waals surface area contributed by atoms with E-state index >= 15 is 0 Å². The molecule has 6 nitrogen and oxygen atoms in total. The third-order valence-corrected chi connectivity index (χ3v) is 3.76. The molecule has 0 aliphatic heterocycles. The lowest BCUT2D eigenvalue weighted by Crippen LogP contribution is -2.31. The van der Waals surface area contributed by atoms with Crippen LogP contribution in [0.2, 0.25) is 5.02 Å². The van der Waals surface area contributed by atoms with Crippen molar-refractivity contribution in [3.8, 4) is 6.07 Å². The maximum atomic E-state index is 12.0. The summed E-state index contributed by atoms with van der Waals surface area (Å²) < 4.78 is 4.98. The number of nitrogens with one attached hydrogen (secondary N) is 1. The van der Waals surface area contributed by atoms with Crippen molar-refractivity contribution in [2.24, 2.45) is 0 Å². The summed E-state index contributed by atoms with van der Waals surface area (Å²) >= 11 is 7.13. The Balaban J connectivity index is 2.17. The summed E-state index contributed by atoms with van der Waals surface area (Å²) in [6, 6.07) is 8.50. The monoisotopic (exact) mass is 336 g/mol. The van der Waals surface area contributed by atoms with Crippen LogP contribution < -0.4 is 5.32 Å². The van der Waals surface area contributed by atoms with E-state index in [9.17, 15) is 4.79 Å². The number of carbonyl (C=O) groups excluding carboxylic acids is 1. The second-order valence-electron chi connectivity index (χ2n) is 4.37. The van der Waals surface area contributed by atoms with Crippen molar-refractivity contribution in [2.75, 3.05) is 11.5 Å². The van der Waals surface area contributed by atoms with E-state index in [-0.39, 0.29) is 17.4 Å². The molecule has 0 saturated carbocycles. The molecule has 1 heterocycles. The molecule has 0 aliphatic rings. The molecule has 1 atom stereocenters. The van der Waals surface area contributed by atoms with Crippen molar-refractivity contribution in [3.63, 3.8) is 0 Å². The molecule has 0 bridgehead atoms. The van der Waals surface area contributed by atoms with Crippen LogP contribution in [0.5, 0.6) is 0 Å². The highest BCUT2D eigenvalue weighted by molar-refractivity contribution is 8.00. The molecule has 0 aliphatic carbocycles. The summed E-state index contributed by atoms with van der Waals surface area (Å²) in [4.78, 5) is 16.2. The zero-order chi connectivity index (χ0) is 15.9. The van der Waals surface area contributed by atoms with Crippen LogP contribution >= 0.6 is 23.4 Å². The van der Waals surface area contributed by atoms with Gasteiger partial charge in [-0.1, -0.05) is 28.9 Å². The quantitative estimate of drug-likeness (QED) is 0.815. The Morgan fingerprint density at radius 1 is 1.50 bits per heavy atom. The summed E-state index contributed by atoms with van der Waals surface area (Å²) in [5, 5.41) is 15.8. The van der Waals surface area contributed by atoms with E-state index in [4.69, 9.17) is 21.4 Å². The van der Waals surface area contributed by atoms with Crippen LogP contribution in [0.15, 0.2) is 28.8 Å². The SMILES string of the molecule is Cc1nc(C(NC(=O)CSCC#N)c2ccc(Cl)cc2)no1. The van der Waals surface area contributed by atoms with Crippen molar-refractivity contribution in [1.29, 1.82) is 5.26 Å². The highest BCUT2D eigenvalue weighted by Crippen LogP contribution is 2.22. The summed E-state index contributed by atoms with van der Waals surface area (Å²) in [5.74, 6) is 1.04. The average molecular weight is 337 g/mol. The van der Waals surface area contributed by atoms with Crippen LogP contribution in [0.3, 0.4) is 0 Å². The average Bonchev–Trinajstić information content (AvgIpc) is 2.92. The number of thioether (sulfide) groups is 1. The number of nitriles is 1. The minimum Gasteiger partial charge on any atom is -0.341 e. The van der Waals surface area contributed by atoms with E-state index < -0.39 is 6.04 Å². The molecule has 2 rings (SSSR count). The van der Waals surface area contributed by atoms with Gasteiger partial charge in [0.15, 0.2) is 5.82 Å². The van der Waals surface area contributed by atoms with Gasteiger partial charge in [-0.15, -0.1) is 11.8 Å². The number of hydrogen-bond donors (Lipinski definition) is 1. The number of rotatable bonds is 6. The molecular formula is C14H13ClN4O2S. The van der Waals surface area contributed by atoms with Crippen molar-refractivity contribution in [2.45, 2.75) is 13.0 Å². The number of halogens is 1. The predicted octanol–water partition coefficient (Wildman–Crippen LogP) is 2.49. The molecule has 1 amide bonds. The van der Waals surface area contributed by atoms with Gasteiger partial charge in [0.05, 0.1) is 17.6 Å². The molecule has 0 spiro atoms. The van der Waals surface area contributed by atoms with E-state index in [0.717, 1.165) is 5.56 Å². The van der Waals surface area contributed by atoms with Crippen LogP contribution in [-0.2, 0) is 4.79 Å². The molecule has 1 aromatic carbocycles. The summed E-state index contributed by atoms with van der Waals surface area (Å²) in [6.45, 7) is 1.68. The highest BCUT2D eigenvalue weighted by atomic mass is 35.5. The zero-order valence-electron chi connectivity index (χ0n) is 11.7. The van der Waals surface area contributed by atoms with Crippen LogP contribution in [0.25, 0.3) is 0 Å². The fraction of sp³-hybridized carbons (Fsp3) is 0.286. The number of hydrogen-bond acceptors (Lipinski definition) is 6. The van der Waals surface area contributed by atoms with Gasteiger partial charge in [0.25, 0.3) is 0 Å². The van der Waals surface area contributed by atoms with Gasteiger partial charge in [-0.05, 0) is 17.7 Å². The number of aryl methyl sites for hydroxylation is 1. The molecule has 1 N–H and O–H groups in total. The summed E-state index contributed by atoms with van der Waals surface area (Å²) in [7, 11) is 0. The number of aromatic nitrogens is 2. The second kappa shape index (κ2) is 7.82. The van der Waals surface area contributed by atoms with E-state index in [2.05, 4.69) is 15.5 Å². The Morgan fingerprint density at radius 2 is 2.23 bits per heavy atom. The Kier molecular flexibility index (Phi) is 5.81. The normalized spacial score (nSPS) is 11.7. The topological polar surface area (TPSA) is 91.8 Å². The molecule has 0 saturated heterocycles. The van der Waals surface area contributed by atoms with Gasteiger partial charge in [-0.2, -0.15) is 10.2 Å². The van der Waals surface area contributed by atoms with Crippen LogP contribution in [-0.4, -0.2) is 27.6 Å². The van der Waals surface area contributed by atoms with Gasteiger partial charge in [0, 0.05) is 11.9 Å². The first kappa shape index (κ1) is 16.3. The Hall–Kier alpha value is -2.04. The first-order valence-electron chi connectivity index (χ1n) is 6.40. The van der Waals surface area contributed by atoms with Crippen LogP contribution in [0.1, 0.15) is 23.3 Å². The van der Waals surface area contributed by atoms with E-state index in [1.54, 1.807) is 31.2 Å². The van der Waals surface area contributed by atoms with Gasteiger partial charge in [-0.25, -0.2) is 0 Å². The van der Waals surface area contributed by atoms with E-state index in [1.807, 2.05) is 6.07 Å². The Labute approximate surface area is 136 Å². The number of carbonyl (C=O) groups is 1. The van der Waals surface area contributed by atoms with Crippen LogP contribution in [0, 0.1) is 18.3 Å². The molecule has 1 aromatic heterocycles. The van der Waals surface area contributed by atoms with Crippen molar-refractivity contribution >= 4 is 29.3 Å². The van der Waals surface area contributed by atoms with Gasteiger partial charge in [0.2, 0.25) is 11.8 Å². The first-order valence-corrected chi connectivity index (χ1v) is 7.93. The molecule has 0 fully saturated rings. The summed E-state index contributed by atoms with van der Waals surface area (Å²) in [6.07, 6.45) is 0. The molecule has 1 unspecified atom stereocenters. The predicted molar refractivity (Wildman–Crippen MR) is 83.4 cm³/mol. The van der Waals surface area contributed by atoms with Gasteiger partial charge >= 0.3 is 0 Å². The third-order valence-electron chi connectivity index (χ3n) is 2.71. The Morgan fingerprint density at radius 3 is 2.82 bits per heavy atom. The van der Waals surface area contributed by atoms with E-state index in [1.165, 1.54) is 11.8 Å².